The lowest BCUT2D eigenvalue weighted by Gasteiger charge is -2.18. The molecule has 0 bridgehead atoms. The Morgan fingerprint density at radius 3 is 2.42 bits per heavy atom. The summed E-state index contributed by atoms with van der Waals surface area (Å²) in [6, 6.07) is 8.05. The van der Waals surface area contributed by atoms with E-state index in [4.69, 9.17) is 4.74 Å². The van der Waals surface area contributed by atoms with Crippen molar-refractivity contribution in [2.75, 3.05) is 49.3 Å². The largest absolute Gasteiger partial charge is 0.496 e. The number of nitrogens with one attached hydrogen (secondary N) is 3. The van der Waals surface area contributed by atoms with Crippen LogP contribution in [0.25, 0.3) is 6.08 Å². The van der Waals surface area contributed by atoms with Gasteiger partial charge in [0, 0.05) is 38.6 Å². The molecular formula is C28H39N7O. The number of aromatic nitrogens is 4. The molecule has 3 aromatic rings. The van der Waals surface area contributed by atoms with E-state index in [0.29, 0.717) is 30.9 Å². The van der Waals surface area contributed by atoms with Gasteiger partial charge in [0.1, 0.15) is 5.75 Å². The molecule has 192 valence electrons. The number of hydrogen-bond donors (Lipinski definition) is 3. The zero-order chi connectivity index (χ0) is 25.8. The SMILES string of the molecule is C=C/C=C\c1c(CCNc2nc(NCCc3ccccc3OC)nc(N(C)CCCC)n2)c[nH]c1C. The second-order valence-electron chi connectivity index (χ2n) is 8.67. The Morgan fingerprint density at radius 2 is 1.75 bits per heavy atom. The number of hydrogen-bond acceptors (Lipinski definition) is 7. The normalized spacial score (nSPS) is 11.0. The maximum Gasteiger partial charge on any atom is 0.231 e. The summed E-state index contributed by atoms with van der Waals surface area (Å²) in [5.74, 6) is 2.68. The van der Waals surface area contributed by atoms with Crippen molar-refractivity contribution >= 4 is 23.9 Å². The Balaban J connectivity index is 1.69. The van der Waals surface area contributed by atoms with Crippen molar-refractivity contribution in [3.8, 4) is 5.75 Å². The number of aryl methyl sites for hydroxylation is 1. The van der Waals surface area contributed by atoms with E-state index in [0.717, 1.165) is 49.2 Å². The maximum atomic E-state index is 5.47. The maximum absolute atomic E-state index is 5.47. The third kappa shape index (κ3) is 7.60. The topological polar surface area (TPSA) is 91.0 Å². The first-order valence-electron chi connectivity index (χ1n) is 12.6. The van der Waals surface area contributed by atoms with Crippen LogP contribution in [0.4, 0.5) is 17.8 Å². The summed E-state index contributed by atoms with van der Waals surface area (Å²) >= 11 is 0. The molecule has 2 heterocycles. The van der Waals surface area contributed by atoms with E-state index in [1.54, 1.807) is 13.2 Å². The minimum atomic E-state index is 0.563. The highest BCUT2D eigenvalue weighted by molar-refractivity contribution is 5.58. The Labute approximate surface area is 214 Å². The molecule has 3 rings (SSSR count). The number of rotatable bonds is 15. The number of benzene rings is 1. The minimum absolute atomic E-state index is 0.563. The Kier molecular flexibility index (Phi) is 10.4. The smallest absolute Gasteiger partial charge is 0.231 e. The van der Waals surface area contributed by atoms with Gasteiger partial charge in [0.25, 0.3) is 0 Å². The molecule has 0 fully saturated rings. The average molecular weight is 490 g/mol. The highest BCUT2D eigenvalue weighted by atomic mass is 16.5. The lowest BCUT2D eigenvalue weighted by Crippen LogP contribution is -2.23. The van der Waals surface area contributed by atoms with Gasteiger partial charge >= 0.3 is 0 Å². The monoisotopic (exact) mass is 489 g/mol. The first-order chi connectivity index (χ1) is 17.5. The van der Waals surface area contributed by atoms with Gasteiger partial charge in [-0.15, -0.1) is 0 Å². The average Bonchev–Trinajstić information content (AvgIpc) is 3.25. The standard InChI is InChI=1S/C28H39N7O/c1-6-8-13-24-21(3)31-20-23(24)16-18-30-27-32-26(33-28(34-27)35(4)19-9-7-2)29-17-15-22-12-10-11-14-25(22)36-5/h6,8,10-14,20,31H,1,7,9,15-19H2,2-5H3,(H2,29,30,32,33,34)/b13-8-. The molecule has 0 aliphatic heterocycles. The predicted molar refractivity (Wildman–Crippen MR) is 150 cm³/mol. The minimum Gasteiger partial charge on any atom is -0.496 e. The molecule has 0 atom stereocenters. The van der Waals surface area contributed by atoms with Gasteiger partial charge in [-0.25, -0.2) is 0 Å². The molecule has 0 amide bonds. The fourth-order valence-corrected chi connectivity index (χ4v) is 3.91. The third-order valence-corrected chi connectivity index (χ3v) is 5.97. The van der Waals surface area contributed by atoms with Gasteiger partial charge in [-0.05, 0) is 48.9 Å². The van der Waals surface area contributed by atoms with E-state index < -0.39 is 0 Å². The first-order valence-corrected chi connectivity index (χ1v) is 12.6. The summed E-state index contributed by atoms with van der Waals surface area (Å²) in [6.07, 6.45) is 11.7. The van der Waals surface area contributed by atoms with Crippen LogP contribution in [0.1, 0.15) is 42.1 Å². The van der Waals surface area contributed by atoms with Crippen LogP contribution < -0.4 is 20.3 Å². The summed E-state index contributed by atoms with van der Waals surface area (Å²) in [5, 5.41) is 6.77. The lowest BCUT2D eigenvalue weighted by atomic mass is 10.1. The fraction of sp³-hybridized carbons (Fsp3) is 0.393. The van der Waals surface area contributed by atoms with Crippen LogP contribution in [0.3, 0.4) is 0 Å². The van der Waals surface area contributed by atoms with Crippen LogP contribution in [0, 0.1) is 6.92 Å². The Morgan fingerprint density at radius 1 is 1.06 bits per heavy atom. The number of para-hydroxylation sites is 1. The van der Waals surface area contributed by atoms with Crippen molar-refractivity contribution in [2.45, 2.75) is 39.5 Å². The number of ether oxygens (including phenoxy) is 1. The molecule has 8 heteroatoms. The Bertz CT molecular complexity index is 1140. The van der Waals surface area contributed by atoms with Gasteiger partial charge in [0.15, 0.2) is 0 Å². The zero-order valence-corrected chi connectivity index (χ0v) is 22.0. The third-order valence-electron chi connectivity index (χ3n) is 5.97. The van der Waals surface area contributed by atoms with Gasteiger partial charge in [-0.2, -0.15) is 15.0 Å². The molecule has 0 aliphatic rings. The summed E-state index contributed by atoms with van der Waals surface area (Å²) in [5.41, 5.74) is 4.72. The number of aromatic amines is 1. The van der Waals surface area contributed by atoms with Crippen LogP contribution in [0.15, 0.2) is 49.2 Å². The van der Waals surface area contributed by atoms with Gasteiger partial charge < -0.3 is 25.3 Å². The van der Waals surface area contributed by atoms with E-state index in [2.05, 4.69) is 74.2 Å². The van der Waals surface area contributed by atoms with Crippen molar-refractivity contribution in [3.63, 3.8) is 0 Å². The van der Waals surface area contributed by atoms with Crippen LogP contribution in [0.2, 0.25) is 0 Å². The van der Waals surface area contributed by atoms with Crippen molar-refractivity contribution in [1.29, 1.82) is 0 Å². The van der Waals surface area contributed by atoms with E-state index in [9.17, 15) is 0 Å². The van der Waals surface area contributed by atoms with Crippen molar-refractivity contribution in [3.05, 3.63) is 71.6 Å². The molecule has 3 N–H and O–H groups in total. The highest BCUT2D eigenvalue weighted by Crippen LogP contribution is 2.19. The number of unbranched alkanes of at least 4 members (excludes halogenated alkanes) is 1. The first kappa shape index (κ1) is 26.8. The van der Waals surface area contributed by atoms with E-state index in [1.165, 1.54) is 11.1 Å². The second kappa shape index (κ2) is 13.9. The van der Waals surface area contributed by atoms with Gasteiger partial charge in [-0.1, -0.05) is 56.4 Å². The summed E-state index contributed by atoms with van der Waals surface area (Å²) < 4.78 is 5.47. The van der Waals surface area contributed by atoms with Crippen LogP contribution in [-0.2, 0) is 12.8 Å². The van der Waals surface area contributed by atoms with E-state index in [-0.39, 0.29) is 0 Å². The molecule has 0 saturated carbocycles. The van der Waals surface area contributed by atoms with Crippen LogP contribution >= 0.6 is 0 Å². The van der Waals surface area contributed by atoms with Crippen LogP contribution in [0.5, 0.6) is 5.75 Å². The molecular weight excluding hydrogens is 450 g/mol. The molecule has 0 aliphatic carbocycles. The van der Waals surface area contributed by atoms with E-state index >= 15 is 0 Å². The molecule has 0 spiro atoms. The van der Waals surface area contributed by atoms with Crippen molar-refractivity contribution < 1.29 is 4.74 Å². The molecule has 36 heavy (non-hydrogen) atoms. The molecule has 0 unspecified atom stereocenters. The molecule has 2 aromatic heterocycles. The number of anilines is 3. The summed E-state index contributed by atoms with van der Waals surface area (Å²) in [6.45, 7) is 10.3. The number of H-pyrrole nitrogens is 1. The predicted octanol–water partition coefficient (Wildman–Crippen LogP) is 5.26. The summed E-state index contributed by atoms with van der Waals surface area (Å²) in [7, 11) is 3.72. The quantitative estimate of drug-likeness (QED) is 0.251. The second-order valence-corrected chi connectivity index (χ2v) is 8.67. The number of allylic oxidation sites excluding steroid dienone is 2. The number of nitrogens with zero attached hydrogens (tertiary/aromatic N) is 4. The Hall–Kier alpha value is -3.81. The molecule has 0 radical (unpaired) electrons. The van der Waals surface area contributed by atoms with Crippen molar-refractivity contribution in [1.82, 2.24) is 19.9 Å². The highest BCUT2D eigenvalue weighted by Gasteiger charge is 2.12. The fourth-order valence-electron chi connectivity index (χ4n) is 3.91. The lowest BCUT2D eigenvalue weighted by molar-refractivity contribution is 0.410. The van der Waals surface area contributed by atoms with Gasteiger partial charge in [0.05, 0.1) is 7.11 Å². The van der Waals surface area contributed by atoms with Crippen molar-refractivity contribution in [2.24, 2.45) is 0 Å². The van der Waals surface area contributed by atoms with Gasteiger partial charge in [0.2, 0.25) is 17.8 Å². The molecule has 0 saturated heterocycles. The number of methoxy groups -OCH3 is 1. The zero-order valence-electron chi connectivity index (χ0n) is 22.0. The van der Waals surface area contributed by atoms with Crippen LogP contribution in [-0.4, -0.2) is 53.7 Å². The molecule has 1 aromatic carbocycles. The molecule has 8 nitrogen and oxygen atoms in total. The summed E-state index contributed by atoms with van der Waals surface area (Å²) in [4.78, 5) is 19.4. The van der Waals surface area contributed by atoms with Gasteiger partial charge in [-0.3, -0.25) is 0 Å². The van der Waals surface area contributed by atoms with E-state index in [1.807, 2.05) is 31.3 Å².